The Bertz CT molecular complexity index is 406. The van der Waals surface area contributed by atoms with Crippen LogP contribution in [-0.4, -0.2) is 43.5 Å². The lowest BCUT2D eigenvalue weighted by Gasteiger charge is -2.32. The summed E-state index contributed by atoms with van der Waals surface area (Å²) in [6, 6.07) is 0.116. The first-order chi connectivity index (χ1) is 8.77. The van der Waals surface area contributed by atoms with E-state index in [1.165, 1.54) is 4.31 Å². The van der Waals surface area contributed by atoms with Crippen molar-refractivity contribution >= 4 is 15.9 Å². The van der Waals surface area contributed by atoms with Crippen molar-refractivity contribution in [3.05, 3.63) is 0 Å². The summed E-state index contributed by atoms with van der Waals surface area (Å²) in [5, 5.41) is 2.98. The molecule has 1 rings (SSSR count). The van der Waals surface area contributed by atoms with Gasteiger partial charge in [-0.2, -0.15) is 0 Å². The average Bonchev–Trinajstić information content (AvgIpc) is 2.38. The second kappa shape index (κ2) is 6.70. The molecule has 0 spiro atoms. The number of nitrogens with zero attached hydrogens (tertiary/aromatic N) is 1. The minimum atomic E-state index is -3.18. The molecule has 1 saturated heterocycles. The van der Waals surface area contributed by atoms with Crippen LogP contribution in [0.5, 0.6) is 0 Å². The maximum absolute atomic E-state index is 12.1. The van der Waals surface area contributed by atoms with Gasteiger partial charge in [-0.1, -0.05) is 13.8 Å². The molecule has 0 aromatic carbocycles. The largest absolute Gasteiger partial charge is 0.353 e. The zero-order chi connectivity index (χ0) is 14.6. The smallest absolute Gasteiger partial charge is 0.224 e. The van der Waals surface area contributed by atoms with E-state index in [0.717, 1.165) is 12.8 Å². The quantitative estimate of drug-likeness (QED) is 0.827. The highest BCUT2D eigenvalue weighted by Gasteiger charge is 2.31. The van der Waals surface area contributed by atoms with Crippen molar-refractivity contribution in [1.29, 1.82) is 0 Å². The SMILES string of the molecule is CCS(=O)(=O)N1CCC[C@@H](C(=O)N[C@H](C)C(C)C)C1. The fraction of sp³-hybridized carbons (Fsp3) is 0.923. The van der Waals surface area contributed by atoms with Crippen molar-refractivity contribution in [2.75, 3.05) is 18.8 Å². The minimum absolute atomic E-state index is 0.0165. The Morgan fingerprint density at radius 3 is 2.53 bits per heavy atom. The molecule has 0 unspecified atom stereocenters. The third-order valence-electron chi connectivity index (χ3n) is 3.88. The summed E-state index contributed by atoms with van der Waals surface area (Å²) in [6.07, 6.45) is 1.53. The summed E-state index contributed by atoms with van der Waals surface area (Å²) in [4.78, 5) is 12.1. The summed E-state index contributed by atoms with van der Waals surface area (Å²) in [5.41, 5.74) is 0. The number of piperidine rings is 1. The maximum atomic E-state index is 12.1. The van der Waals surface area contributed by atoms with E-state index in [0.29, 0.717) is 19.0 Å². The molecule has 0 bridgehead atoms. The molecule has 1 aliphatic rings. The Labute approximate surface area is 116 Å². The van der Waals surface area contributed by atoms with Crippen LogP contribution < -0.4 is 5.32 Å². The van der Waals surface area contributed by atoms with Crippen LogP contribution >= 0.6 is 0 Å². The summed E-state index contributed by atoms with van der Waals surface area (Å²) >= 11 is 0. The minimum Gasteiger partial charge on any atom is -0.353 e. The lowest BCUT2D eigenvalue weighted by Crippen LogP contribution is -2.48. The molecule has 6 heteroatoms. The number of nitrogens with one attached hydrogen (secondary N) is 1. The van der Waals surface area contributed by atoms with E-state index < -0.39 is 10.0 Å². The topological polar surface area (TPSA) is 66.5 Å². The van der Waals surface area contributed by atoms with Gasteiger partial charge in [-0.15, -0.1) is 0 Å². The number of rotatable bonds is 5. The summed E-state index contributed by atoms with van der Waals surface area (Å²) in [5.74, 6) is 0.250. The van der Waals surface area contributed by atoms with Crippen molar-refractivity contribution in [2.24, 2.45) is 11.8 Å². The standard InChI is InChI=1S/C13H26N2O3S/c1-5-19(17,18)15-8-6-7-12(9-15)13(16)14-11(4)10(2)3/h10-12H,5-9H2,1-4H3,(H,14,16)/t11-,12-/m1/s1. The molecular formula is C13H26N2O3S. The van der Waals surface area contributed by atoms with E-state index in [-0.39, 0.29) is 23.6 Å². The average molecular weight is 290 g/mol. The number of hydrogen-bond acceptors (Lipinski definition) is 3. The summed E-state index contributed by atoms with van der Waals surface area (Å²) in [7, 11) is -3.18. The summed E-state index contributed by atoms with van der Waals surface area (Å²) in [6.45, 7) is 8.59. The molecule has 0 saturated carbocycles. The van der Waals surface area contributed by atoms with Gasteiger partial charge in [-0.05, 0) is 32.6 Å². The molecule has 0 aromatic rings. The first kappa shape index (κ1) is 16.4. The predicted molar refractivity (Wildman–Crippen MR) is 76.2 cm³/mol. The van der Waals surface area contributed by atoms with Crippen LogP contribution in [0.3, 0.4) is 0 Å². The predicted octanol–water partition coefficient (Wildman–Crippen LogP) is 1.21. The molecule has 1 amide bonds. The number of amides is 1. The molecule has 2 atom stereocenters. The van der Waals surface area contributed by atoms with Crippen LogP contribution in [0.25, 0.3) is 0 Å². The van der Waals surface area contributed by atoms with Crippen molar-refractivity contribution in [3.63, 3.8) is 0 Å². The maximum Gasteiger partial charge on any atom is 0.224 e. The molecule has 0 aromatic heterocycles. The fourth-order valence-corrected chi connectivity index (χ4v) is 3.28. The van der Waals surface area contributed by atoms with Crippen LogP contribution in [-0.2, 0) is 14.8 Å². The lowest BCUT2D eigenvalue weighted by molar-refractivity contribution is -0.127. The normalized spacial score (nSPS) is 23.3. The highest BCUT2D eigenvalue weighted by Crippen LogP contribution is 2.20. The van der Waals surface area contributed by atoms with Crippen molar-refractivity contribution < 1.29 is 13.2 Å². The Balaban J connectivity index is 2.62. The zero-order valence-corrected chi connectivity index (χ0v) is 13.2. The fourth-order valence-electron chi connectivity index (χ4n) is 2.10. The van der Waals surface area contributed by atoms with Gasteiger partial charge in [-0.3, -0.25) is 4.79 Å². The number of sulfonamides is 1. The Morgan fingerprint density at radius 2 is 2.00 bits per heavy atom. The van der Waals surface area contributed by atoms with Crippen LogP contribution in [0.2, 0.25) is 0 Å². The molecule has 5 nitrogen and oxygen atoms in total. The van der Waals surface area contributed by atoms with E-state index in [9.17, 15) is 13.2 Å². The molecule has 0 radical (unpaired) electrons. The lowest BCUT2D eigenvalue weighted by atomic mass is 9.97. The zero-order valence-electron chi connectivity index (χ0n) is 12.3. The van der Waals surface area contributed by atoms with Crippen LogP contribution in [0.4, 0.5) is 0 Å². The molecule has 0 aliphatic carbocycles. The molecule has 19 heavy (non-hydrogen) atoms. The van der Waals surface area contributed by atoms with E-state index in [1.54, 1.807) is 6.92 Å². The van der Waals surface area contributed by atoms with Crippen LogP contribution in [0.1, 0.15) is 40.5 Å². The molecule has 112 valence electrons. The third kappa shape index (κ3) is 4.45. The molecule has 1 N–H and O–H groups in total. The highest BCUT2D eigenvalue weighted by molar-refractivity contribution is 7.89. The molecule has 1 aliphatic heterocycles. The van der Waals surface area contributed by atoms with E-state index >= 15 is 0 Å². The molecule has 1 fully saturated rings. The Morgan fingerprint density at radius 1 is 1.37 bits per heavy atom. The van der Waals surface area contributed by atoms with Crippen molar-refractivity contribution in [2.45, 2.75) is 46.6 Å². The summed E-state index contributed by atoms with van der Waals surface area (Å²) < 4.78 is 25.2. The van der Waals surface area contributed by atoms with Gasteiger partial charge in [-0.25, -0.2) is 12.7 Å². The second-order valence-electron chi connectivity index (χ2n) is 5.64. The van der Waals surface area contributed by atoms with Gasteiger partial charge in [0.05, 0.1) is 11.7 Å². The van der Waals surface area contributed by atoms with Crippen LogP contribution in [0, 0.1) is 11.8 Å². The van der Waals surface area contributed by atoms with Gasteiger partial charge in [0, 0.05) is 19.1 Å². The monoisotopic (exact) mass is 290 g/mol. The van der Waals surface area contributed by atoms with Crippen LogP contribution in [0.15, 0.2) is 0 Å². The van der Waals surface area contributed by atoms with Gasteiger partial charge >= 0.3 is 0 Å². The van der Waals surface area contributed by atoms with Gasteiger partial charge in [0.2, 0.25) is 15.9 Å². The second-order valence-corrected chi connectivity index (χ2v) is 7.90. The van der Waals surface area contributed by atoms with E-state index in [4.69, 9.17) is 0 Å². The number of carbonyl (C=O) groups is 1. The van der Waals surface area contributed by atoms with Crippen molar-refractivity contribution in [1.82, 2.24) is 9.62 Å². The van der Waals surface area contributed by atoms with E-state index in [2.05, 4.69) is 19.2 Å². The Kier molecular flexibility index (Phi) is 5.80. The van der Waals surface area contributed by atoms with Crippen molar-refractivity contribution in [3.8, 4) is 0 Å². The molecule has 1 heterocycles. The first-order valence-electron chi connectivity index (χ1n) is 7.06. The highest BCUT2D eigenvalue weighted by atomic mass is 32.2. The van der Waals surface area contributed by atoms with Gasteiger partial charge in [0.25, 0.3) is 0 Å². The van der Waals surface area contributed by atoms with Gasteiger partial charge in [0.1, 0.15) is 0 Å². The van der Waals surface area contributed by atoms with Gasteiger partial charge in [0.15, 0.2) is 0 Å². The first-order valence-corrected chi connectivity index (χ1v) is 8.67. The molecular weight excluding hydrogens is 264 g/mol. The van der Waals surface area contributed by atoms with E-state index in [1.807, 2.05) is 6.92 Å². The van der Waals surface area contributed by atoms with Gasteiger partial charge < -0.3 is 5.32 Å². The Hall–Kier alpha value is -0.620. The number of hydrogen-bond donors (Lipinski definition) is 1. The third-order valence-corrected chi connectivity index (χ3v) is 5.73. The number of carbonyl (C=O) groups excluding carboxylic acids is 1.